The Morgan fingerprint density at radius 2 is 1.74 bits per heavy atom. The zero-order valence-electron chi connectivity index (χ0n) is 15.6. The molecule has 2 aromatic carbocycles. The molecule has 0 spiro atoms. The topological polar surface area (TPSA) is 66.5 Å². The van der Waals surface area contributed by atoms with Gasteiger partial charge < -0.3 is 5.32 Å². The van der Waals surface area contributed by atoms with Gasteiger partial charge in [-0.05, 0) is 31.4 Å². The quantitative estimate of drug-likeness (QED) is 0.714. The predicted molar refractivity (Wildman–Crippen MR) is 104 cm³/mol. The number of carbonyl (C=O) groups is 1. The number of hydrogen-bond donors (Lipinski definition) is 1. The molecular weight excluding hydrogens is 367 g/mol. The average Bonchev–Trinajstić information content (AvgIpc) is 2.61. The molecule has 2 aromatic rings. The lowest BCUT2D eigenvalue weighted by atomic mass is 10.1. The van der Waals surface area contributed by atoms with E-state index in [9.17, 15) is 17.6 Å². The summed E-state index contributed by atoms with van der Waals surface area (Å²) in [5, 5.41) is 2.81. The van der Waals surface area contributed by atoms with E-state index in [2.05, 4.69) is 5.32 Å². The van der Waals surface area contributed by atoms with E-state index >= 15 is 0 Å². The van der Waals surface area contributed by atoms with E-state index in [1.807, 2.05) is 37.3 Å². The van der Waals surface area contributed by atoms with Gasteiger partial charge in [0.05, 0.1) is 12.8 Å². The highest BCUT2D eigenvalue weighted by atomic mass is 32.2. The molecule has 0 aliphatic carbocycles. The summed E-state index contributed by atoms with van der Waals surface area (Å²) in [4.78, 5) is 12.3. The van der Waals surface area contributed by atoms with Gasteiger partial charge in [0.2, 0.25) is 15.9 Å². The highest BCUT2D eigenvalue weighted by Crippen LogP contribution is 2.12. The molecule has 1 atom stereocenters. The third kappa shape index (κ3) is 7.11. The van der Waals surface area contributed by atoms with Crippen molar-refractivity contribution in [3.05, 3.63) is 71.5 Å². The zero-order valence-corrected chi connectivity index (χ0v) is 16.4. The normalized spacial score (nSPS) is 12.7. The number of aryl methyl sites for hydroxylation is 1. The molecule has 0 fully saturated rings. The molecule has 0 aromatic heterocycles. The summed E-state index contributed by atoms with van der Waals surface area (Å²) in [7, 11) is -3.66. The SMILES string of the molecule is C[C@@H](CCc1ccccc1)NC(=O)CN(Cc1ccccc1F)S(C)(=O)=O. The van der Waals surface area contributed by atoms with Crippen molar-refractivity contribution in [2.24, 2.45) is 0 Å². The summed E-state index contributed by atoms with van der Waals surface area (Å²) in [5.74, 6) is -0.903. The molecule has 2 rings (SSSR count). The van der Waals surface area contributed by atoms with Crippen LogP contribution >= 0.6 is 0 Å². The van der Waals surface area contributed by atoms with Crippen molar-refractivity contribution in [3.8, 4) is 0 Å². The number of halogens is 1. The van der Waals surface area contributed by atoms with Crippen LogP contribution in [0.4, 0.5) is 4.39 Å². The first-order chi connectivity index (χ1) is 12.8. The summed E-state index contributed by atoms with van der Waals surface area (Å²) in [5.41, 5.74) is 1.41. The van der Waals surface area contributed by atoms with Crippen LogP contribution in [0.5, 0.6) is 0 Å². The number of nitrogens with zero attached hydrogens (tertiary/aromatic N) is 1. The molecule has 5 nitrogen and oxygen atoms in total. The fourth-order valence-corrected chi connectivity index (χ4v) is 3.41. The highest BCUT2D eigenvalue weighted by molar-refractivity contribution is 7.88. The zero-order chi connectivity index (χ0) is 19.9. The fourth-order valence-electron chi connectivity index (χ4n) is 2.69. The van der Waals surface area contributed by atoms with E-state index in [0.29, 0.717) is 0 Å². The molecule has 0 aliphatic heterocycles. The minimum absolute atomic E-state index is 0.104. The summed E-state index contributed by atoms with van der Waals surface area (Å²) >= 11 is 0. The number of benzene rings is 2. The minimum Gasteiger partial charge on any atom is -0.352 e. The number of sulfonamides is 1. The average molecular weight is 392 g/mol. The van der Waals surface area contributed by atoms with Crippen LogP contribution in [-0.2, 0) is 27.8 Å². The van der Waals surface area contributed by atoms with Crippen LogP contribution in [0.2, 0.25) is 0 Å². The lowest BCUT2D eigenvalue weighted by Crippen LogP contribution is -2.43. The molecule has 1 N–H and O–H groups in total. The second-order valence-electron chi connectivity index (χ2n) is 6.62. The Bertz CT molecular complexity index is 857. The third-order valence-electron chi connectivity index (χ3n) is 4.21. The highest BCUT2D eigenvalue weighted by Gasteiger charge is 2.22. The van der Waals surface area contributed by atoms with Gasteiger partial charge in [0, 0.05) is 18.2 Å². The van der Waals surface area contributed by atoms with Crippen LogP contribution in [0.1, 0.15) is 24.5 Å². The van der Waals surface area contributed by atoms with Crippen LogP contribution in [-0.4, -0.2) is 37.5 Å². The van der Waals surface area contributed by atoms with E-state index in [4.69, 9.17) is 0 Å². The molecule has 0 heterocycles. The summed E-state index contributed by atoms with van der Waals surface area (Å²) in [6, 6.07) is 15.8. The molecule has 1 amide bonds. The predicted octanol–water partition coefficient (Wildman–Crippen LogP) is 2.72. The van der Waals surface area contributed by atoms with Crippen molar-refractivity contribution in [1.82, 2.24) is 9.62 Å². The van der Waals surface area contributed by atoms with Gasteiger partial charge in [0.25, 0.3) is 0 Å². The van der Waals surface area contributed by atoms with Crippen LogP contribution in [0.15, 0.2) is 54.6 Å². The standard InChI is InChI=1S/C20H25FN2O3S/c1-16(12-13-17-8-4-3-5-9-17)22-20(24)15-23(27(2,25)26)14-18-10-6-7-11-19(18)21/h3-11,16H,12-15H2,1-2H3,(H,22,24)/t16-/m0/s1. The summed E-state index contributed by atoms with van der Waals surface area (Å²) in [6.45, 7) is 1.35. The molecule has 0 aliphatic rings. The van der Waals surface area contributed by atoms with Crippen molar-refractivity contribution < 1.29 is 17.6 Å². The fraction of sp³-hybridized carbons (Fsp3) is 0.350. The lowest BCUT2D eigenvalue weighted by molar-refractivity contribution is -0.122. The van der Waals surface area contributed by atoms with Crippen molar-refractivity contribution in [1.29, 1.82) is 0 Å². The van der Waals surface area contributed by atoms with E-state index in [1.165, 1.54) is 23.8 Å². The number of nitrogens with one attached hydrogen (secondary N) is 1. The molecule has 27 heavy (non-hydrogen) atoms. The van der Waals surface area contributed by atoms with Crippen LogP contribution < -0.4 is 5.32 Å². The monoisotopic (exact) mass is 392 g/mol. The smallest absolute Gasteiger partial charge is 0.235 e. The van der Waals surface area contributed by atoms with Crippen molar-refractivity contribution in [2.45, 2.75) is 32.4 Å². The maximum absolute atomic E-state index is 13.8. The maximum atomic E-state index is 13.8. The molecule has 0 bridgehead atoms. The van der Waals surface area contributed by atoms with E-state index in [1.54, 1.807) is 6.07 Å². The van der Waals surface area contributed by atoms with Gasteiger partial charge in [0.1, 0.15) is 5.82 Å². The van der Waals surface area contributed by atoms with Gasteiger partial charge in [0.15, 0.2) is 0 Å². The van der Waals surface area contributed by atoms with Gasteiger partial charge in [-0.25, -0.2) is 12.8 Å². The first kappa shape index (κ1) is 21.1. The van der Waals surface area contributed by atoms with Gasteiger partial charge in [-0.1, -0.05) is 48.5 Å². The van der Waals surface area contributed by atoms with Crippen LogP contribution in [0, 0.1) is 5.82 Å². The molecule has 146 valence electrons. The summed E-state index contributed by atoms with van der Waals surface area (Å²) in [6.07, 6.45) is 2.56. The Hall–Kier alpha value is -2.25. The molecule has 0 saturated carbocycles. The Balaban J connectivity index is 1.92. The number of rotatable bonds is 9. The van der Waals surface area contributed by atoms with E-state index < -0.39 is 21.7 Å². The maximum Gasteiger partial charge on any atom is 0.235 e. The number of carbonyl (C=O) groups excluding carboxylic acids is 1. The largest absolute Gasteiger partial charge is 0.352 e. The number of hydrogen-bond acceptors (Lipinski definition) is 3. The third-order valence-corrected chi connectivity index (χ3v) is 5.41. The van der Waals surface area contributed by atoms with E-state index in [-0.39, 0.29) is 24.7 Å². The van der Waals surface area contributed by atoms with Crippen molar-refractivity contribution in [3.63, 3.8) is 0 Å². The lowest BCUT2D eigenvalue weighted by Gasteiger charge is -2.21. The van der Waals surface area contributed by atoms with E-state index in [0.717, 1.165) is 23.4 Å². The Kier molecular flexibility index (Phi) is 7.50. The van der Waals surface area contributed by atoms with Crippen LogP contribution in [0.25, 0.3) is 0 Å². The van der Waals surface area contributed by atoms with Gasteiger partial charge in [-0.3, -0.25) is 4.79 Å². The second-order valence-corrected chi connectivity index (χ2v) is 8.60. The second kappa shape index (κ2) is 9.62. The molecule has 0 unspecified atom stereocenters. The first-order valence-corrected chi connectivity index (χ1v) is 10.6. The van der Waals surface area contributed by atoms with Crippen molar-refractivity contribution >= 4 is 15.9 Å². The molecule has 0 saturated heterocycles. The Labute approximate surface area is 160 Å². The Morgan fingerprint density at radius 1 is 1.11 bits per heavy atom. The first-order valence-electron chi connectivity index (χ1n) is 8.77. The van der Waals surface area contributed by atoms with Crippen LogP contribution in [0.3, 0.4) is 0 Å². The van der Waals surface area contributed by atoms with Gasteiger partial charge >= 0.3 is 0 Å². The van der Waals surface area contributed by atoms with Gasteiger partial charge in [-0.15, -0.1) is 0 Å². The summed E-state index contributed by atoms with van der Waals surface area (Å²) < 4.78 is 38.8. The Morgan fingerprint density at radius 3 is 2.37 bits per heavy atom. The minimum atomic E-state index is -3.66. The number of amides is 1. The molecule has 0 radical (unpaired) electrons. The molecule has 7 heteroatoms. The van der Waals surface area contributed by atoms with Crippen molar-refractivity contribution in [2.75, 3.05) is 12.8 Å². The molecular formula is C20H25FN2O3S. The van der Waals surface area contributed by atoms with Gasteiger partial charge in [-0.2, -0.15) is 4.31 Å².